The summed E-state index contributed by atoms with van der Waals surface area (Å²) in [6.07, 6.45) is 5.02. The molecule has 0 aliphatic rings. The molecule has 4 rings (SSSR count). The number of nitrogens with zero attached hydrogens (tertiary/aromatic N) is 10. The van der Waals surface area contributed by atoms with E-state index in [0.29, 0.717) is 30.9 Å². The van der Waals surface area contributed by atoms with E-state index >= 15 is 0 Å². The van der Waals surface area contributed by atoms with Crippen LogP contribution in [0.4, 0.5) is 11.8 Å². The molecule has 4 aromatic rings. The molecule has 74 heavy (non-hydrogen) atoms. The number of aryl methyl sites for hydroxylation is 1. The van der Waals surface area contributed by atoms with Gasteiger partial charge in [0.2, 0.25) is 29.6 Å². The number of carbonyl (C=O) groups is 4. The highest BCUT2D eigenvalue weighted by molar-refractivity contribution is 5.86. The number of anilines is 2. The number of aliphatic imine (C=N–C) groups is 1. The fraction of sp³-hybridized carbons (Fsp3) is 0.574. The number of hydrogen-bond acceptors (Lipinski definition) is 16. The number of carbonyl (C=O) groups excluding carboxylic acids is 4. The van der Waals surface area contributed by atoms with Gasteiger partial charge < -0.3 is 58.2 Å². The number of nitrogens with two attached hydrogens (primary N) is 4. The fourth-order valence-electron chi connectivity index (χ4n) is 8.15. The van der Waals surface area contributed by atoms with Gasteiger partial charge in [-0.15, -0.1) is 0 Å². The molecule has 27 nitrogen and oxygen atoms in total. The molecule has 0 aliphatic heterocycles. The molecule has 0 spiro atoms. The molecular formula is C47H75N19O8. The lowest BCUT2D eigenvalue weighted by Crippen LogP contribution is -2.54. The first kappa shape index (κ1) is 58.7. The first-order valence-corrected chi connectivity index (χ1v) is 24.4. The number of nitrogens with one attached hydrogen (secondary N) is 5. The lowest BCUT2D eigenvalue weighted by molar-refractivity contribution is -0.138. The van der Waals surface area contributed by atoms with Crippen molar-refractivity contribution < 1.29 is 19.2 Å². The summed E-state index contributed by atoms with van der Waals surface area (Å²) in [7, 11) is 1.59. The maximum atomic E-state index is 14.4. The number of aromatic nitrogens is 8. The Morgan fingerprint density at radius 1 is 0.865 bits per heavy atom. The van der Waals surface area contributed by atoms with Crippen LogP contribution in [-0.4, -0.2) is 155 Å². The standard InChI is InChI=1S/C47H75N19O8/c1-28(11-10-14-54-43(49)50)33(56-36(68)24-62(17-13-48)37(69)25-63-16-12-34(52-9)57-45(63)73)22-64(38(70)26-65-20-30(3)41(71)60-46(65)74)23-35(67)53-15-18-61(19-29(2)32(5)47(6,7)8)31(4)21-66-27-55-39-40(66)58-44(51)59-42(39)72/h12,16,20,27-29,32-33H,4,10-11,13-15,17-19,21-26,48H2,1-3,5-9H3,(H,53,67)(H,56,68)(H4,49,50,54)(H,52,57,73)(H,60,71,74)(H3,51,58,59,72). The molecule has 0 aromatic carbocycles. The molecule has 4 aromatic heterocycles. The van der Waals surface area contributed by atoms with Crippen molar-refractivity contribution in [1.29, 1.82) is 0 Å². The second-order valence-electron chi connectivity index (χ2n) is 19.6. The summed E-state index contributed by atoms with van der Waals surface area (Å²) in [5, 5.41) is 8.63. The summed E-state index contributed by atoms with van der Waals surface area (Å²) < 4.78 is 3.78. The van der Waals surface area contributed by atoms with Crippen LogP contribution < -0.4 is 61.4 Å². The zero-order valence-corrected chi connectivity index (χ0v) is 43.8. The van der Waals surface area contributed by atoms with Crippen molar-refractivity contribution in [2.24, 2.45) is 45.4 Å². The normalized spacial score (nSPS) is 13.0. The molecule has 0 aliphatic carbocycles. The Morgan fingerprint density at radius 3 is 2.19 bits per heavy atom. The molecule has 0 fully saturated rings. The van der Waals surface area contributed by atoms with E-state index in [1.165, 1.54) is 41.5 Å². The molecule has 0 saturated carbocycles. The molecule has 0 radical (unpaired) electrons. The van der Waals surface area contributed by atoms with Gasteiger partial charge in [-0.2, -0.15) is 9.97 Å². The Hall–Kier alpha value is -7.84. The number of amides is 4. The lowest BCUT2D eigenvalue weighted by atomic mass is 9.75. The molecular weight excluding hydrogens is 959 g/mol. The van der Waals surface area contributed by atoms with E-state index in [1.54, 1.807) is 11.6 Å². The third kappa shape index (κ3) is 17.2. The first-order chi connectivity index (χ1) is 34.8. The van der Waals surface area contributed by atoms with Crippen LogP contribution in [-0.2, 0) is 38.8 Å². The fourth-order valence-corrected chi connectivity index (χ4v) is 8.15. The zero-order valence-electron chi connectivity index (χ0n) is 43.8. The van der Waals surface area contributed by atoms with Crippen LogP contribution in [0.25, 0.3) is 11.2 Å². The smallest absolute Gasteiger partial charge is 0.349 e. The summed E-state index contributed by atoms with van der Waals surface area (Å²) >= 11 is 0. The van der Waals surface area contributed by atoms with Crippen molar-refractivity contribution >= 4 is 52.5 Å². The van der Waals surface area contributed by atoms with Gasteiger partial charge in [0.15, 0.2) is 17.1 Å². The van der Waals surface area contributed by atoms with Crippen LogP contribution in [0.2, 0.25) is 0 Å². The second kappa shape index (κ2) is 26.7. The maximum Gasteiger partial charge on any atom is 0.349 e. The highest BCUT2D eigenvalue weighted by Gasteiger charge is 2.30. The van der Waals surface area contributed by atoms with Crippen molar-refractivity contribution in [3.8, 4) is 0 Å². The van der Waals surface area contributed by atoms with E-state index in [9.17, 15) is 38.4 Å². The predicted octanol–water partition coefficient (Wildman–Crippen LogP) is -2.10. The Kier molecular flexibility index (Phi) is 21.2. The zero-order chi connectivity index (χ0) is 55.0. The molecule has 27 heteroatoms. The average Bonchev–Trinajstić information content (AvgIpc) is 3.72. The number of rotatable bonds is 28. The number of hydrogen-bond donors (Lipinski definition) is 9. The van der Waals surface area contributed by atoms with E-state index in [4.69, 9.17) is 22.9 Å². The monoisotopic (exact) mass is 1030 g/mol. The SMILES string of the molecule is C=C(Cn1cnc2c(=O)[nH]c(N)nc21)N(CCNC(=O)CN(CC(NC(=O)CN(CCN)C(=O)Cn1ccc(NC)nc1=O)C(C)CCCN=C(N)N)C(=O)Cn1cc(C)c(=O)[nH]c1=O)CC(C)C(C)C(C)(C)C. The Morgan fingerprint density at radius 2 is 1.54 bits per heavy atom. The lowest BCUT2D eigenvalue weighted by Gasteiger charge is -2.37. The Balaban J connectivity index is 1.61. The van der Waals surface area contributed by atoms with Crippen molar-refractivity contribution in [2.45, 2.75) is 87.0 Å². The van der Waals surface area contributed by atoms with Gasteiger partial charge in [-0.05, 0) is 49.0 Å². The summed E-state index contributed by atoms with van der Waals surface area (Å²) in [6, 6.07) is 0.665. The van der Waals surface area contributed by atoms with Crippen molar-refractivity contribution in [2.75, 3.05) is 77.0 Å². The molecule has 13 N–H and O–H groups in total. The molecule has 4 amide bonds. The van der Waals surface area contributed by atoms with Gasteiger partial charge in [0.25, 0.3) is 11.1 Å². The number of imidazole rings is 1. The van der Waals surface area contributed by atoms with E-state index < -0.39 is 84.3 Å². The highest BCUT2D eigenvalue weighted by atomic mass is 16.2. The van der Waals surface area contributed by atoms with Crippen LogP contribution in [0.3, 0.4) is 0 Å². The Labute approximate surface area is 428 Å². The molecule has 4 heterocycles. The number of fused-ring (bicyclic) bond motifs is 1. The van der Waals surface area contributed by atoms with E-state index in [-0.39, 0.29) is 91.7 Å². The second-order valence-corrected chi connectivity index (χ2v) is 19.6. The topological polar surface area (TPSA) is 384 Å². The quantitative estimate of drug-likeness (QED) is 0.0167. The largest absolute Gasteiger partial charge is 0.373 e. The van der Waals surface area contributed by atoms with Crippen molar-refractivity contribution in [3.63, 3.8) is 0 Å². The molecule has 406 valence electrons. The van der Waals surface area contributed by atoms with Gasteiger partial charge >= 0.3 is 11.4 Å². The number of allylic oxidation sites excluding steroid dienone is 1. The summed E-state index contributed by atoms with van der Waals surface area (Å²) in [5.74, 6) is -2.31. The minimum absolute atomic E-state index is 0.00545. The van der Waals surface area contributed by atoms with Gasteiger partial charge in [0.05, 0.1) is 26.0 Å². The number of guanidine groups is 1. The van der Waals surface area contributed by atoms with Crippen LogP contribution in [0.5, 0.6) is 0 Å². The molecule has 0 bridgehead atoms. The molecule has 4 atom stereocenters. The van der Waals surface area contributed by atoms with Gasteiger partial charge in [-0.1, -0.05) is 48.1 Å². The Bertz CT molecular complexity index is 2870. The van der Waals surface area contributed by atoms with Gasteiger partial charge in [0.1, 0.15) is 18.9 Å². The van der Waals surface area contributed by atoms with Crippen LogP contribution >= 0.6 is 0 Å². The first-order valence-electron chi connectivity index (χ1n) is 24.4. The van der Waals surface area contributed by atoms with Crippen LogP contribution in [0.15, 0.2) is 61.2 Å². The summed E-state index contributed by atoms with van der Waals surface area (Å²) in [6.45, 7) is 17.6. The molecule has 0 saturated heterocycles. The van der Waals surface area contributed by atoms with Crippen LogP contribution in [0.1, 0.15) is 59.9 Å². The van der Waals surface area contributed by atoms with E-state index in [2.05, 4.69) is 87.1 Å². The van der Waals surface area contributed by atoms with Gasteiger partial charge in [0, 0.05) is 82.6 Å². The minimum Gasteiger partial charge on any atom is -0.373 e. The third-order valence-electron chi connectivity index (χ3n) is 13.0. The van der Waals surface area contributed by atoms with Crippen molar-refractivity contribution in [3.05, 3.63) is 84.3 Å². The van der Waals surface area contributed by atoms with Crippen molar-refractivity contribution in [1.82, 2.24) is 64.0 Å². The third-order valence-corrected chi connectivity index (χ3v) is 13.0. The number of nitrogen functional groups attached to an aromatic ring is 1. The predicted molar refractivity (Wildman–Crippen MR) is 281 cm³/mol. The number of H-pyrrole nitrogens is 2. The maximum absolute atomic E-state index is 14.4. The summed E-state index contributed by atoms with van der Waals surface area (Å²) in [4.78, 5) is 132. The van der Waals surface area contributed by atoms with E-state index in [0.717, 1.165) is 9.13 Å². The van der Waals surface area contributed by atoms with E-state index in [1.807, 2.05) is 11.8 Å². The molecule has 4 unspecified atom stereocenters. The van der Waals surface area contributed by atoms with Gasteiger partial charge in [-0.25, -0.2) is 14.6 Å². The average molecular weight is 1030 g/mol. The summed E-state index contributed by atoms with van der Waals surface area (Å²) in [5.41, 5.74) is 21.4. The minimum atomic E-state index is -0.854. The highest BCUT2D eigenvalue weighted by Crippen LogP contribution is 2.32. The van der Waals surface area contributed by atoms with Crippen LogP contribution in [0, 0.1) is 30.1 Å². The number of aromatic amines is 2. The van der Waals surface area contributed by atoms with Gasteiger partial charge in [-0.3, -0.25) is 52.9 Å².